The quantitative estimate of drug-likeness (QED) is 0.583. The summed E-state index contributed by atoms with van der Waals surface area (Å²) >= 11 is 5.96. The second-order valence-electron chi connectivity index (χ2n) is 6.12. The first kappa shape index (κ1) is 14.3. The van der Waals surface area contributed by atoms with Crippen LogP contribution in [0.2, 0.25) is 5.02 Å². The highest BCUT2D eigenvalue weighted by molar-refractivity contribution is 6.31. The zero-order valence-electron chi connectivity index (χ0n) is 12.4. The monoisotopic (exact) mass is 303 g/mol. The number of carbonyl (C=O) groups excluding carboxylic acids is 2. The van der Waals surface area contributed by atoms with Gasteiger partial charge in [0.2, 0.25) is 11.8 Å². The number of rotatable bonds is 1. The van der Waals surface area contributed by atoms with Gasteiger partial charge in [0.05, 0.1) is 17.5 Å². The molecule has 0 aromatic heterocycles. The highest BCUT2D eigenvalue weighted by Gasteiger charge is 2.49. The Morgan fingerprint density at radius 3 is 2.00 bits per heavy atom. The summed E-state index contributed by atoms with van der Waals surface area (Å²) in [5, 5.41) is 0.612. The minimum Gasteiger partial charge on any atom is -0.274 e. The summed E-state index contributed by atoms with van der Waals surface area (Å²) in [6.45, 7) is 5.98. The zero-order chi connectivity index (χ0) is 15.3. The summed E-state index contributed by atoms with van der Waals surface area (Å²) in [6.07, 6.45) is 1.40. The summed E-state index contributed by atoms with van der Waals surface area (Å²) < 4.78 is 0. The maximum absolute atomic E-state index is 12.7. The van der Waals surface area contributed by atoms with Crippen LogP contribution in [-0.2, 0) is 9.59 Å². The largest absolute Gasteiger partial charge is 0.274 e. The maximum Gasteiger partial charge on any atom is 0.238 e. The van der Waals surface area contributed by atoms with Gasteiger partial charge in [-0.1, -0.05) is 22.7 Å². The summed E-state index contributed by atoms with van der Waals surface area (Å²) in [6, 6.07) is 5.27. The van der Waals surface area contributed by atoms with E-state index in [0.717, 1.165) is 5.56 Å². The first-order chi connectivity index (χ1) is 9.90. The van der Waals surface area contributed by atoms with E-state index < -0.39 is 0 Å². The molecule has 21 heavy (non-hydrogen) atoms. The molecule has 1 aromatic rings. The van der Waals surface area contributed by atoms with E-state index in [1.807, 2.05) is 6.92 Å². The molecule has 3 rings (SSSR count). The summed E-state index contributed by atoms with van der Waals surface area (Å²) in [7, 11) is 0. The third kappa shape index (κ3) is 2.20. The Balaban J connectivity index is 2.00. The van der Waals surface area contributed by atoms with E-state index >= 15 is 0 Å². The van der Waals surface area contributed by atoms with Crippen molar-refractivity contribution in [2.45, 2.75) is 33.6 Å². The van der Waals surface area contributed by atoms with Crippen LogP contribution in [-0.4, -0.2) is 11.8 Å². The number of imide groups is 1. The number of hydrogen-bond acceptors (Lipinski definition) is 2. The first-order valence-corrected chi connectivity index (χ1v) is 7.57. The molecular weight excluding hydrogens is 286 g/mol. The molecule has 0 radical (unpaired) electrons. The van der Waals surface area contributed by atoms with Crippen LogP contribution in [0.4, 0.5) is 5.69 Å². The predicted molar refractivity (Wildman–Crippen MR) is 83.3 cm³/mol. The molecule has 3 nitrogen and oxygen atoms in total. The van der Waals surface area contributed by atoms with Gasteiger partial charge in [-0.15, -0.1) is 0 Å². The number of nitrogens with zero attached hydrogens (tertiary/aromatic N) is 1. The minimum absolute atomic E-state index is 0.0673. The van der Waals surface area contributed by atoms with Crippen LogP contribution in [0.15, 0.2) is 29.3 Å². The topological polar surface area (TPSA) is 37.4 Å². The molecule has 1 aliphatic carbocycles. The first-order valence-electron chi connectivity index (χ1n) is 7.19. The Morgan fingerprint density at radius 1 is 1.00 bits per heavy atom. The summed E-state index contributed by atoms with van der Waals surface area (Å²) in [5.41, 5.74) is 4.00. The molecule has 2 atom stereocenters. The second kappa shape index (κ2) is 4.99. The molecule has 0 spiro atoms. The lowest BCUT2D eigenvalue weighted by atomic mass is 9.78. The normalized spacial score (nSPS) is 25.6. The molecule has 110 valence electrons. The van der Waals surface area contributed by atoms with Crippen LogP contribution in [0.3, 0.4) is 0 Å². The molecule has 0 N–H and O–H groups in total. The third-order valence-corrected chi connectivity index (χ3v) is 4.98. The fraction of sp³-hybridized carbons (Fsp3) is 0.412. The molecule has 2 amide bonds. The molecule has 1 fully saturated rings. The summed E-state index contributed by atoms with van der Waals surface area (Å²) in [5.74, 6) is -0.530. The van der Waals surface area contributed by atoms with Gasteiger partial charge in [0.1, 0.15) is 0 Å². The number of hydrogen-bond donors (Lipinski definition) is 0. The van der Waals surface area contributed by atoms with Gasteiger partial charge in [-0.05, 0) is 57.4 Å². The number of benzene rings is 1. The van der Waals surface area contributed by atoms with E-state index in [1.165, 1.54) is 16.0 Å². The average Bonchev–Trinajstić information content (AvgIpc) is 2.64. The van der Waals surface area contributed by atoms with Crippen molar-refractivity contribution < 1.29 is 9.59 Å². The molecule has 1 heterocycles. The van der Waals surface area contributed by atoms with Gasteiger partial charge in [0, 0.05) is 5.02 Å². The number of carbonyl (C=O) groups is 2. The molecule has 0 bridgehead atoms. The Kier molecular flexibility index (Phi) is 3.40. The van der Waals surface area contributed by atoms with Gasteiger partial charge < -0.3 is 0 Å². The fourth-order valence-electron chi connectivity index (χ4n) is 3.36. The van der Waals surface area contributed by atoms with Crippen molar-refractivity contribution in [3.63, 3.8) is 0 Å². The number of anilines is 1. The number of fused-ring (bicyclic) bond motifs is 1. The van der Waals surface area contributed by atoms with Crippen molar-refractivity contribution in [1.29, 1.82) is 0 Å². The molecule has 0 unspecified atom stereocenters. The highest BCUT2D eigenvalue weighted by Crippen LogP contribution is 2.42. The minimum atomic E-state index is -0.198. The SMILES string of the molecule is CC1=C(C)C[C@H]2C(=O)N(c3ccc(Cl)cc3C)C(=O)[C@H]2C1. The third-order valence-electron chi connectivity index (χ3n) is 4.74. The standard InChI is InChI=1S/C17H18ClNO2/c1-9-7-13-14(8-10(9)2)17(21)19(16(13)20)15-5-4-12(18)6-11(15)3/h4-6,13-14H,7-8H2,1-3H3/t13-,14+. The van der Waals surface area contributed by atoms with E-state index in [4.69, 9.17) is 11.6 Å². The van der Waals surface area contributed by atoms with Crippen LogP contribution in [0.5, 0.6) is 0 Å². The smallest absolute Gasteiger partial charge is 0.238 e. The Labute approximate surface area is 129 Å². The second-order valence-corrected chi connectivity index (χ2v) is 6.56. The van der Waals surface area contributed by atoms with Gasteiger partial charge in [-0.3, -0.25) is 9.59 Å². The lowest BCUT2D eigenvalue weighted by Gasteiger charge is -2.23. The van der Waals surface area contributed by atoms with Crippen molar-refractivity contribution in [2.75, 3.05) is 4.90 Å². The Hall–Kier alpha value is -1.61. The van der Waals surface area contributed by atoms with E-state index in [1.54, 1.807) is 18.2 Å². The van der Waals surface area contributed by atoms with Gasteiger partial charge in [0.15, 0.2) is 0 Å². The number of halogens is 1. The van der Waals surface area contributed by atoms with Crippen molar-refractivity contribution in [3.8, 4) is 0 Å². The average molecular weight is 304 g/mol. The highest BCUT2D eigenvalue weighted by atomic mass is 35.5. The van der Waals surface area contributed by atoms with Crippen LogP contribution in [0.25, 0.3) is 0 Å². The lowest BCUT2D eigenvalue weighted by molar-refractivity contribution is -0.122. The molecule has 2 aliphatic rings. The van der Waals surface area contributed by atoms with Gasteiger partial charge in [-0.2, -0.15) is 0 Å². The Bertz CT molecular complexity index is 645. The molecule has 0 saturated carbocycles. The van der Waals surface area contributed by atoms with Gasteiger partial charge in [-0.25, -0.2) is 4.90 Å². The van der Waals surface area contributed by atoms with Crippen molar-refractivity contribution in [1.82, 2.24) is 0 Å². The Morgan fingerprint density at radius 2 is 1.52 bits per heavy atom. The van der Waals surface area contributed by atoms with Crippen molar-refractivity contribution in [3.05, 3.63) is 39.9 Å². The number of aryl methyl sites for hydroxylation is 1. The van der Waals surface area contributed by atoms with E-state index in [-0.39, 0.29) is 23.7 Å². The van der Waals surface area contributed by atoms with Crippen LogP contribution < -0.4 is 4.90 Å². The van der Waals surface area contributed by atoms with Crippen molar-refractivity contribution >= 4 is 29.1 Å². The molecule has 1 aromatic carbocycles. The van der Waals surface area contributed by atoms with Crippen LogP contribution in [0, 0.1) is 18.8 Å². The van der Waals surface area contributed by atoms with Gasteiger partial charge in [0.25, 0.3) is 0 Å². The maximum atomic E-state index is 12.7. The van der Waals surface area contributed by atoms with Gasteiger partial charge >= 0.3 is 0 Å². The van der Waals surface area contributed by atoms with Crippen molar-refractivity contribution in [2.24, 2.45) is 11.8 Å². The molecule has 1 aliphatic heterocycles. The number of allylic oxidation sites excluding steroid dienone is 2. The zero-order valence-corrected chi connectivity index (χ0v) is 13.2. The molecule has 1 saturated heterocycles. The summed E-state index contributed by atoms with van der Waals surface area (Å²) in [4.78, 5) is 26.7. The van der Waals surface area contributed by atoms with Crippen LogP contribution >= 0.6 is 11.6 Å². The lowest BCUT2D eigenvalue weighted by Crippen LogP contribution is -2.31. The van der Waals surface area contributed by atoms with Crippen LogP contribution in [0.1, 0.15) is 32.3 Å². The molecular formula is C17H18ClNO2. The number of amides is 2. The predicted octanol–water partition coefficient (Wildman–Crippen LogP) is 3.88. The van der Waals surface area contributed by atoms with E-state index in [0.29, 0.717) is 23.6 Å². The van der Waals surface area contributed by atoms with E-state index in [2.05, 4.69) is 13.8 Å². The van der Waals surface area contributed by atoms with E-state index in [9.17, 15) is 9.59 Å². The fourth-order valence-corrected chi connectivity index (χ4v) is 3.59. The molecule has 4 heteroatoms.